The minimum absolute atomic E-state index is 0.138. The van der Waals surface area contributed by atoms with E-state index >= 15 is 0 Å². The van der Waals surface area contributed by atoms with Crippen molar-refractivity contribution in [2.24, 2.45) is 0 Å². The highest BCUT2D eigenvalue weighted by atomic mass is 32.1. The van der Waals surface area contributed by atoms with Crippen molar-refractivity contribution in [2.45, 2.75) is 26.8 Å². The van der Waals surface area contributed by atoms with Crippen molar-refractivity contribution >= 4 is 32.6 Å². The summed E-state index contributed by atoms with van der Waals surface area (Å²) in [5.41, 5.74) is 3.73. The predicted octanol–water partition coefficient (Wildman–Crippen LogP) is 4.86. The lowest BCUT2D eigenvalue weighted by Gasteiger charge is -2.21. The number of aromatic nitrogens is 3. The highest BCUT2D eigenvalue weighted by molar-refractivity contribution is 7.22. The first-order valence-corrected chi connectivity index (χ1v) is 11.2. The molecule has 0 unspecified atom stereocenters. The van der Waals surface area contributed by atoms with Gasteiger partial charge >= 0.3 is 0 Å². The number of benzene rings is 2. The molecular weight excluding hydrogens is 424 g/mol. The Morgan fingerprint density at radius 3 is 2.50 bits per heavy atom. The summed E-state index contributed by atoms with van der Waals surface area (Å²) in [5.74, 6) is 1.00. The lowest BCUT2D eigenvalue weighted by Crippen LogP contribution is -2.32. The van der Waals surface area contributed by atoms with Gasteiger partial charge in [0.25, 0.3) is 5.91 Å². The van der Waals surface area contributed by atoms with E-state index in [1.54, 1.807) is 61.2 Å². The second kappa shape index (κ2) is 9.40. The van der Waals surface area contributed by atoms with Crippen molar-refractivity contribution < 1.29 is 14.3 Å². The number of amides is 1. The molecule has 8 heteroatoms. The predicted molar refractivity (Wildman–Crippen MR) is 127 cm³/mol. The summed E-state index contributed by atoms with van der Waals surface area (Å²) >= 11 is 1.54. The third-order valence-electron chi connectivity index (χ3n) is 5.24. The first kappa shape index (κ1) is 21.8. The molecule has 32 heavy (non-hydrogen) atoms. The van der Waals surface area contributed by atoms with E-state index < -0.39 is 0 Å². The molecule has 4 rings (SSSR count). The maximum atomic E-state index is 13.7. The number of carbonyl (C=O) groups is 1. The molecule has 166 valence electrons. The number of rotatable bonds is 8. The van der Waals surface area contributed by atoms with Gasteiger partial charge in [-0.1, -0.05) is 17.4 Å². The van der Waals surface area contributed by atoms with Crippen LogP contribution in [0.25, 0.3) is 10.2 Å². The molecule has 0 radical (unpaired) electrons. The molecule has 2 heterocycles. The van der Waals surface area contributed by atoms with Crippen LogP contribution in [-0.4, -0.2) is 41.2 Å². The van der Waals surface area contributed by atoms with Crippen LogP contribution in [0.5, 0.6) is 11.5 Å². The third kappa shape index (κ3) is 4.60. The van der Waals surface area contributed by atoms with Crippen LogP contribution < -0.4 is 14.4 Å². The van der Waals surface area contributed by atoms with Gasteiger partial charge in [-0.25, -0.2) is 9.97 Å². The monoisotopic (exact) mass is 450 g/mol. The largest absolute Gasteiger partial charge is 0.497 e. The summed E-state index contributed by atoms with van der Waals surface area (Å²) in [7, 11) is 3.15. The van der Waals surface area contributed by atoms with Crippen LogP contribution >= 0.6 is 11.3 Å². The van der Waals surface area contributed by atoms with Crippen molar-refractivity contribution in [1.29, 1.82) is 0 Å². The fraction of sp³-hybridized carbons (Fsp3) is 0.292. The summed E-state index contributed by atoms with van der Waals surface area (Å²) in [4.78, 5) is 24.3. The zero-order valence-electron chi connectivity index (χ0n) is 18.7. The van der Waals surface area contributed by atoms with E-state index in [1.807, 2.05) is 10.8 Å². The number of methoxy groups -OCH3 is 2. The van der Waals surface area contributed by atoms with Crippen LogP contribution in [0.1, 0.15) is 27.9 Å². The number of anilines is 1. The zero-order valence-corrected chi connectivity index (χ0v) is 19.5. The Labute approximate surface area is 191 Å². The molecule has 4 aromatic rings. The number of ether oxygens (including phenoxy) is 2. The molecule has 1 amide bonds. The van der Waals surface area contributed by atoms with Crippen LogP contribution in [0.15, 0.2) is 49.1 Å². The quantitative estimate of drug-likeness (QED) is 0.383. The number of nitrogens with zero attached hydrogens (tertiary/aromatic N) is 4. The number of imidazole rings is 1. The Morgan fingerprint density at radius 1 is 1.09 bits per heavy atom. The van der Waals surface area contributed by atoms with Crippen molar-refractivity contribution in [2.75, 3.05) is 25.7 Å². The molecule has 0 aliphatic rings. The Balaban J connectivity index is 1.70. The first-order valence-electron chi connectivity index (χ1n) is 10.4. The average molecular weight is 451 g/mol. The molecule has 2 aromatic carbocycles. The minimum atomic E-state index is -0.138. The van der Waals surface area contributed by atoms with Crippen LogP contribution in [0.4, 0.5) is 5.13 Å². The van der Waals surface area contributed by atoms with Crippen molar-refractivity contribution in [3.63, 3.8) is 0 Å². The Kier molecular flexibility index (Phi) is 6.41. The zero-order chi connectivity index (χ0) is 22.7. The van der Waals surface area contributed by atoms with E-state index in [-0.39, 0.29) is 5.91 Å². The highest BCUT2D eigenvalue weighted by Crippen LogP contribution is 2.33. The number of aryl methyl sites for hydroxylation is 3. The van der Waals surface area contributed by atoms with Gasteiger partial charge in [0.15, 0.2) is 5.13 Å². The standard InChI is InChI=1S/C24H26N4O3S/c1-16-10-17(2)22-21(11-16)26-24(32-22)28(8-5-7-27-9-6-25-15-27)23(29)18-12-19(30-3)14-20(13-18)31-4/h6,9-15H,5,7-8H2,1-4H3. The molecule has 0 atom stereocenters. The number of thiazole rings is 1. The van der Waals surface area contributed by atoms with Gasteiger partial charge in [0.05, 0.1) is 30.8 Å². The summed E-state index contributed by atoms with van der Waals surface area (Å²) in [6.07, 6.45) is 6.22. The molecule has 0 bridgehead atoms. The fourth-order valence-corrected chi connectivity index (χ4v) is 4.72. The number of fused-ring (bicyclic) bond motifs is 1. The normalized spacial score (nSPS) is 11.0. The van der Waals surface area contributed by atoms with E-state index in [2.05, 4.69) is 31.0 Å². The highest BCUT2D eigenvalue weighted by Gasteiger charge is 2.23. The van der Waals surface area contributed by atoms with Crippen LogP contribution in [-0.2, 0) is 6.54 Å². The van der Waals surface area contributed by atoms with E-state index in [9.17, 15) is 4.79 Å². The Morgan fingerprint density at radius 2 is 1.84 bits per heavy atom. The summed E-state index contributed by atoms with van der Waals surface area (Å²) in [6, 6.07) is 9.42. The smallest absolute Gasteiger partial charge is 0.260 e. The lowest BCUT2D eigenvalue weighted by molar-refractivity contribution is 0.0985. The van der Waals surface area contributed by atoms with E-state index in [0.717, 1.165) is 34.3 Å². The molecule has 0 saturated carbocycles. The third-order valence-corrected chi connectivity index (χ3v) is 6.47. The Hall–Kier alpha value is -3.39. The van der Waals surface area contributed by atoms with Crippen molar-refractivity contribution in [3.8, 4) is 11.5 Å². The second-order valence-corrected chi connectivity index (χ2v) is 8.62. The molecule has 0 saturated heterocycles. The number of hydrogen-bond donors (Lipinski definition) is 0. The van der Waals surface area contributed by atoms with Gasteiger partial charge in [0, 0.05) is 37.1 Å². The SMILES string of the molecule is COc1cc(OC)cc(C(=O)N(CCCn2ccnc2)c2nc3cc(C)cc(C)c3s2)c1. The molecule has 7 nitrogen and oxygen atoms in total. The van der Waals surface area contributed by atoms with Crippen molar-refractivity contribution in [3.05, 3.63) is 65.7 Å². The van der Waals surface area contributed by atoms with Gasteiger partial charge in [-0.15, -0.1) is 0 Å². The van der Waals surface area contributed by atoms with Crippen LogP contribution in [0, 0.1) is 13.8 Å². The minimum Gasteiger partial charge on any atom is -0.497 e. The van der Waals surface area contributed by atoms with Gasteiger partial charge in [-0.3, -0.25) is 9.69 Å². The Bertz CT molecular complexity index is 1210. The van der Waals surface area contributed by atoms with Gasteiger partial charge in [0.2, 0.25) is 0 Å². The average Bonchev–Trinajstić information content (AvgIpc) is 3.46. The topological polar surface area (TPSA) is 69.5 Å². The van der Waals surface area contributed by atoms with E-state index in [1.165, 1.54) is 0 Å². The first-order chi connectivity index (χ1) is 15.5. The second-order valence-electron chi connectivity index (χ2n) is 7.64. The summed E-state index contributed by atoms with van der Waals surface area (Å²) in [6.45, 7) is 5.42. The molecule has 0 aliphatic heterocycles. The summed E-state index contributed by atoms with van der Waals surface area (Å²) < 4.78 is 13.8. The number of hydrogen-bond acceptors (Lipinski definition) is 6. The van der Waals surface area contributed by atoms with Gasteiger partial charge < -0.3 is 14.0 Å². The molecular formula is C24H26N4O3S. The van der Waals surface area contributed by atoms with Crippen LogP contribution in [0.2, 0.25) is 0 Å². The molecule has 0 fully saturated rings. The van der Waals surface area contributed by atoms with Crippen molar-refractivity contribution in [1.82, 2.24) is 14.5 Å². The van der Waals surface area contributed by atoms with E-state index in [0.29, 0.717) is 28.7 Å². The maximum Gasteiger partial charge on any atom is 0.260 e. The van der Waals surface area contributed by atoms with Gasteiger partial charge in [-0.2, -0.15) is 0 Å². The number of carbonyl (C=O) groups excluding carboxylic acids is 1. The maximum absolute atomic E-state index is 13.7. The fourth-order valence-electron chi connectivity index (χ4n) is 3.68. The van der Waals surface area contributed by atoms with Gasteiger partial charge in [0.1, 0.15) is 11.5 Å². The molecule has 2 aromatic heterocycles. The molecule has 0 spiro atoms. The summed E-state index contributed by atoms with van der Waals surface area (Å²) in [5, 5.41) is 0.686. The van der Waals surface area contributed by atoms with Gasteiger partial charge in [-0.05, 0) is 49.6 Å². The lowest BCUT2D eigenvalue weighted by atomic mass is 10.1. The van der Waals surface area contributed by atoms with E-state index in [4.69, 9.17) is 14.5 Å². The molecule has 0 N–H and O–H groups in total. The molecule has 0 aliphatic carbocycles. The van der Waals surface area contributed by atoms with Crippen LogP contribution in [0.3, 0.4) is 0 Å².